The second kappa shape index (κ2) is 6.94. The van der Waals surface area contributed by atoms with Gasteiger partial charge in [-0.25, -0.2) is 8.42 Å². The lowest BCUT2D eigenvalue weighted by Gasteiger charge is -2.13. The van der Waals surface area contributed by atoms with E-state index in [4.69, 9.17) is 4.42 Å². The molecule has 0 aliphatic rings. The van der Waals surface area contributed by atoms with Crippen LogP contribution in [0.3, 0.4) is 0 Å². The Bertz CT molecular complexity index is 955. The maximum Gasteiger partial charge on any atom is 0.247 e. The van der Waals surface area contributed by atoms with Crippen LogP contribution in [0.1, 0.15) is 18.9 Å². The Kier molecular flexibility index (Phi) is 4.71. The first-order valence-electron chi connectivity index (χ1n) is 7.64. The van der Waals surface area contributed by atoms with Gasteiger partial charge in [-0.15, -0.1) is 10.2 Å². The molecular weight excluding hydrogens is 340 g/mol. The summed E-state index contributed by atoms with van der Waals surface area (Å²) in [5.74, 6) is 0.900. The average molecular weight is 358 g/mol. The molecule has 3 aromatic rings. The third kappa shape index (κ3) is 4.57. The van der Waals surface area contributed by atoms with Crippen molar-refractivity contribution in [3.63, 3.8) is 0 Å². The molecule has 0 saturated carbocycles. The molecule has 3 rings (SSSR count). The van der Waals surface area contributed by atoms with E-state index in [1.807, 2.05) is 43.3 Å². The second-order valence-electron chi connectivity index (χ2n) is 5.63. The fourth-order valence-electron chi connectivity index (χ4n) is 2.31. The van der Waals surface area contributed by atoms with Crippen LogP contribution in [0.15, 0.2) is 59.0 Å². The summed E-state index contributed by atoms with van der Waals surface area (Å²) in [5.41, 5.74) is 2.07. The number of anilines is 2. The van der Waals surface area contributed by atoms with Crippen LogP contribution in [-0.2, 0) is 10.0 Å². The van der Waals surface area contributed by atoms with Crippen LogP contribution in [0.2, 0.25) is 0 Å². The predicted octanol–water partition coefficient (Wildman–Crippen LogP) is 3.28. The van der Waals surface area contributed by atoms with Gasteiger partial charge in [-0.05, 0) is 37.3 Å². The molecule has 0 amide bonds. The molecule has 130 valence electrons. The summed E-state index contributed by atoms with van der Waals surface area (Å²) >= 11 is 0. The molecule has 2 aromatic carbocycles. The van der Waals surface area contributed by atoms with E-state index in [9.17, 15) is 8.42 Å². The van der Waals surface area contributed by atoms with Crippen molar-refractivity contribution in [2.75, 3.05) is 16.3 Å². The molecule has 0 aliphatic carbocycles. The zero-order valence-electron chi connectivity index (χ0n) is 13.8. The van der Waals surface area contributed by atoms with Crippen LogP contribution in [0.25, 0.3) is 11.5 Å². The molecule has 1 unspecified atom stereocenters. The Morgan fingerprint density at radius 3 is 2.44 bits per heavy atom. The minimum absolute atomic E-state index is 0.238. The number of benzene rings is 2. The fraction of sp³-hybridized carbons (Fsp3) is 0.176. The highest BCUT2D eigenvalue weighted by Crippen LogP contribution is 2.24. The van der Waals surface area contributed by atoms with Crippen molar-refractivity contribution in [1.29, 1.82) is 0 Å². The lowest BCUT2D eigenvalue weighted by atomic mass is 10.2. The SMILES string of the molecule is CC(Nc1cccc(NS(C)(=O)=O)c1)c1nnc(-c2ccccc2)o1. The van der Waals surface area contributed by atoms with Crippen LogP contribution in [0.5, 0.6) is 0 Å². The molecule has 1 heterocycles. The molecule has 8 heteroatoms. The Morgan fingerprint density at radius 1 is 1.00 bits per heavy atom. The summed E-state index contributed by atoms with van der Waals surface area (Å²) in [6.07, 6.45) is 1.11. The number of nitrogens with one attached hydrogen (secondary N) is 2. The minimum atomic E-state index is -3.32. The highest BCUT2D eigenvalue weighted by Gasteiger charge is 2.15. The Balaban J connectivity index is 1.74. The van der Waals surface area contributed by atoms with Gasteiger partial charge in [-0.3, -0.25) is 4.72 Å². The molecule has 0 bridgehead atoms. The normalized spacial score (nSPS) is 12.6. The summed E-state index contributed by atoms with van der Waals surface area (Å²) in [6.45, 7) is 1.89. The van der Waals surface area contributed by atoms with E-state index in [0.717, 1.165) is 17.5 Å². The highest BCUT2D eigenvalue weighted by atomic mass is 32.2. The summed E-state index contributed by atoms with van der Waals surface area (Å²) in [7, 11) is -3.32. The number of hydrogen-bond donors (Lipinski definition) is 2. The van der Waals surface area contributed by atoms with Crippen molar-refractivity contribution in [2.45, 2.75) is 13.0 Å². The van der Waals surface area contributed by atoms with Gasteiger partial charge in [0.05, 0.1) is 11.9 Å². The summed E-state index contributed by atoms with van der Waals surface area (Å²) in [5, 5.41) is 11.4. The molecule has 7 nitrogen and oxygen atoms in total. The van der Waals surface area contributed by atoms with E-state index in [0.29, 0.717) is 17.5 Å². The maximum atomic E-state index is 11.3. The fourth-order valence-corrected chi connectivity index (χ4v) is 2.86. The van der Waals surface area contributed by atoms with E-state index in [1.165, 1.54) is 0 Å². The third-order valence-corrected chi connectivity index (χ3v) is 3.99. The van der Waals surface area contributed by atoms with Crippen molar-refractivity contribution >= 4 is 21.4 Å². The van der Waals surface area contributed by atoms with Gasteiger partial charge >= 0.3 is 0 Å². The van der Waals surface area contributed by atoms with Crippen molar-refractivity contribution in [3.05, 3.63) is 60.5 Å². The molecule has 0 spiro atoms. The smallest absolute Gasteiger partial charge is 0.247 e. The Morgan fingerprint density at radius 2 is 1.72 bits per heavy atom. The van der Waals surface area contributed by atoms with Crippen LogP contribution >= 0.6 is 0 Å². The standard InChI is InChI=1S/C17H18N4O3S/c1-12(16-19-20-17(24-16)13-7-4-3-5-8-13)18-14-9-6-10-15(11-14)21-25(2,22)23/h3-12,18,21H,1-2H3. The molecule has 25 heavy (non-hydrogen) atoms. The van der Waals surface area contributed by atoms with Gasteiger partial charge in [0, 0.05) is 11.3 Å². The lowest BCUT2D eigenvalue weighted by molar-refractivity contribution is 0.485. The lowest BCUT2D eigenvalue weighted by Crippen LogP contribution is -2.10. The molecule has 1 aromatic heterocycles. The van der Waals surface area contributed by atoms with E-state index in [1.54, 1.807) is 18.2 Å². The first-order chi connectivity index (χ1) is 11.9. The van der Waals surface area contributed by atoms with E-state index < -0.39 is 10.0 Å². The molecule has 2 N–H and O–H groups in total. The first-order valence-corrected chi connectivity index (χ1v) is 9.53. The Hall–Kier alpha value is -2.87. The van der Waals surface area contributed by atoms with Crippen LogP contribution in [0.4, 0.5) is 11.4 Å². The first kappa shape index (κ1) is 17.0. The van der Waals surface area contributed by atoms with Gasteiger partial charge in [0.1, 0.15) is 6.04 Å². The van der Waals surface area contributed by atoms with Crippen LogP contribution in [0, 0.1) is 0 Å². The number of hydrogen-bond acceptors (Lipinski definition) is 6. The van der Waals surface area contributed by atoms with E-state index in [2.05, 4.69) is 20.2 Å². The van der Waals surface area contributed by atoms with Gasteiger partial charge < -0.3 is 9.73 Å². The predicted molar refractivity (Wildman–Crippen MR) is 96.7 cm³/mol. The molecule has 0 fully saturated rings. The van der Waals surface area contributed by atoms with E-state index >= 15 is 0 Å². The Labute approximate surface area is 146 Å². The van der Waals surface area contributed by atoms with Crippen LogP contribution < -0.4 is 10.0 Å². The summed E-state index contributed by atoms with van der Waals surface area (Å²) in [6, 6.07) is 16.3. The largest absolute Gasteiger partial charge is 0.418 e. The number of rotatable bonds is 6. The quantitative estimate of drug-likeness (QED) is 0.702. The van der Waals surface area contributed by atoms with Crippen molar-refractivity contribution in [3.8, 4) is 11.5 Å². The van der Waals surface area contributed by atoms with Crippen molar-refractivity contribution in [2.24, 2.45) is 0 Å². The van der Waals surface area contributed by atoms with Crippen molar-refractivity contribution < 1.29 is 12.8 Å². The van der Waals surface area contributed by atoms with Crippen LogP contribution in [-0.4, -0.2) is 24.9 Å². The van der Waals surface area contributed by atoms with Gasteiger partial charge in [0.15, 0.2) is 0 Å². The van der Waals surface area contributed by atoms with Gasteiger partial charge in [0.2, 0.25) is 21.8 Å². The monoisotopic (exact) mass is 358 g/mol. The number of aromatic nitrogens is 2. The van der Waals surface area contributed by atoms with Gasteiger partial charge in [-0.2, -0.15) is 0 Å². The van der Waals surface area contributed by atoms with Crippen molar-refractivity contribution in [1.82, 2.24) is 10.2 Å². The highest BCUT2D eigenvalue weighted by molar-refractivity contribution is 7.92. The molecule has 0 saturated heterocycles. The third-order valence-electron chi connectivity index (χ3n) is 3.38. The van der Waals surface area contributed by atoms with Gasteiger partial charge in [-0.1, -0.05) is 24.3 Å². The minimum Gasteiger partial charge on any atom is -0.418 e. The van der Waals surface area contributed by atoms with E-state index in [-0.39, 0.29) is 6.04 Å². The zero-order valence-corrected chi connectivity index (χ0v) is 14.6. The number of nitrogens with zero attached hydrogens (tertiary/aromatic N) is 2. The topological polar surface area (TPSA) is 97.1 Å². The molecule has 1 atom stereocenters. The number of sulfonamides is 1. The molecule has 0 radical (unpaired) electrons. The molecular formula is C17H18N4O3S. The summed E-state index contributed by atoms with van der Waals surface area (Å²) < 4.78 is 30.8. The zero-order chi connectivity index (χ0) is 17.9. The second-order valence-corrected chi connectivity index (χ2v) is 7.38. The molecule has 0 aliphatic heterocycles. The van der Waals surface area contributed by atoms with Gasteiger partial charge in [0.25, 0.3) is 0 Å². The average Bonchev–Trinajstić information content (AvgIpc) is 3.04. The maximum absolute atomic E-state index is 11.3. The summed E-state index contributed by atoms with van der Waals surface area (Å²) in [4.78, 5) is 0.